The molecule has 1 fully saturated rings. The van der Waals surface area contributed by atoms with Crippen LogP contribution in [0.3, 0.4) is 0 Å². The zero-order valence-corrected chi connectivity index (χ0v) is 14.5. The molecule has 126 valence electrons. The Balaban J connectivity index is 1.87. The molecular weight excluding hydrogens is 258 g/mol. The highest BCUT2D eigenvalue weighted by atomic mass is 15.3. The number of nitrogens with zero attached hydrogens (tertiary/aromatic N) is 2. The number of nitrogens with two attached hydrogens (primary N) is 1. The molecule has 0 aliphatic carbocycles. The highest BCUT2D eigenvalue weighted by molar-refractivity contribution is 4.71. The van der Waals surface area contributed by atoms with E-state index in [4.69, 9.17) is 5.73 Å². The summed E-state index contributed by atoms with van der Waals surface area (Å²) in [6, 6.07) is 0. The highest BCUT2D eigenvalue weighted by Gasteiger charge is 2.15. The van der Waals surface area contributed by atoms with Gasteiger partial charge < -0.3 is 15.5 Å². The van der Waals surface area contributed by atoms with Gasteiger partial charge in [-0.3, -0.25) is 0 Å². The Labute approximate surface area is 133 Å². The monoisotopic (exact) mass is 297 g/mol. The molecule has 0 unspecified atom stereocenters. The molecule has 1 heterocycles. The van der Waals surface area contributed by atoms with Crippen LogP contribution in [-0.4, -0.2) is 55.6 Å². The molecule has 21 heavy (non-hydrogen) atoms. The summed E-state index contributed by atoms with van der Waals surface area (Å²) in [7, 11) is 0. The van der Waals surface area contributed by atoms with Crippen LogP contribution < -0.4 is 5.73 Å². The number of rotatable bonds is 13. The Kier molecular flexibility index (Phi) is 12.2. The van der Waals surface area contributed by atoms with E-state index >= 15 is 0 Å². The lowest BCUT2D eigenvalue weighted by Crippen LogP contribution is -2.46. The molecule has 3 heteroatoms. The Morgan fingerprint density at radius 1 is 0.619 bits per heavy atom. The lowest BCUT2D eigenvalue weighted by Gasteiger charge is -2.34. The minimum Gasteiger partial charge on any atom is -0.330 e. The van der Waals surface area contributed by atoms with Gasteiger partial charge in [0.25, 0.3) is 0 Å². The molecule has 1 aliphatic rings. The summed E-state index contributed by atoms with van der Waals surface area (Å²) < 4.78 is 0. The molecule has 1 aliphatic heterocycles. The predicted octanol–water partition coefficient (Wildman–Crippen LogP) is 3.48. The van der Waals surface area contributed by atoms with Gasteiger partial charge >= 0.3 is 0 Å². The SMILES string of the molecule is CCCCCCCCCCN1CCN(CCCCN)CC1. The van der Waals surface area contributed by atoms with Gasteiger partial charge in [-0.15, -0.1) is 0 Å². The van der Waals surface area contributed by atoms with E-state index in [2.05, 4.69) is 16.7 Å². The van der Waals surface area contributed by atoms with Crippen molar-refractivity contribution in [1.29, 1.82) is 0 Å². The van der Waals surface area contributed by atoms with Gasteiger partial charge in [0.15, 0.2) is 0 Å². The predicted molar refractivity (Wildman–Crippen MR) is 93.8 cm³/mol. The zero-order valence-electron chi connectivity index (χ0n) is 14.5. The van der Waals surface area contributed by atoms with Crippen molar-refractivity contribution in [3.8, 4) is 0 Å². The number of hydrogen-bond donors (Lipinski definition) is 1. The van der Waals surface area contributed by atoms with Crippen molar-refractivity contribution >= 4 is 0 Å². The summed E-state index contributed by atoms with van der Waals surface area (Å²) in [6.07, 6.45) is 13.9. The van der Waals surface area contributed by atoms with E-state index in [1.54, 1.807) is 0 Å². The molecule has 1 rings (SSSR count). The Bertz CT molecular complexity index is 213. The third-order valence-electron chi connectivity index (χ3n) is 4.72. The third-order valence-corrected chi connectivity index (χ3v) is 4.72. The molecule has 0 radical (unpaired) electrons. The third kappa shape index (κ3) is 10.3. The van der Waals surface area contributed by atoms with Gasteiger partial charge in [-0.25, -0.2) is 0 Å². The molecule has 3 nitrogen and oxygen atoms in total. The number of hydrogen-bond acceptors (Lipinski definition) is 3. The Hall–Kier alpha value is -0.120. The first-order valence-electron chi connectivity index (χ1n) is 9.51. The van der Waals surface area contributed by atoms with E-state index in [0.717, 1.165) is 6.54 Å². The van der Waals surface area contributed by atoms with Crippen molar-refractivity contribution in [3.63, 3.8) is 0 Å². The topological polar surface area (TPSA) is 32.5 Å². The minimum absolute atomic E-state index is 0.846. The first-order valence-corrected chi connectivity index (χ1v) is 9.51. The lowest BCUT2D eigenvalue weighted by atomic mass is 10.1. The summed E-state index contributed by atoms with van der Waals surface area (Å²) in [5, 5.41) is 0. The van der Waals surface area contributed by atoms with Crippen LogP contribution in [-0.2, 0) is 0 Å². The lowest BCUT2D eigenvalue weighted by molar-refractivity contribution is 0.129. The average Bonchev–Trinajstić information content (AvgIpc) is 2.52. The van der Waals surface area contributed by atoms with Crippen LogP contribution >= 0.6 is 0 Å². The minimum atomic E-state index is 0.846. The van der Waals surface area contributed by atoms with Gasteiger partial charge in [-0.1, -0.05) is 51.9 Å². The molecular formula is C18H39N3. The summed E-state index contributed by atoms with van der Waals surface area (Å²) in [5.74, 6) is 0. The second-order valence-corrected chi connectivity index (χ2v) is 6.65. The van der Waals surface area contributed by atoms with Gasteiger partial charge in [0.1, 0.15) is 0 Å². The van der Waals surface area contributed by atoms with Gasteiger partial charge in [-0.05, 0) is 38.9 Å². The standard InChI is InChI=1S/C18H39N3/c1-2-3-4-5-6-7-8-10-13-20-15-17-21(18-16-20)14-11-9-12-19/h2-19H2,1H3. The van der Waals surface area contributed by atoms with E-state index in [9.17, 15) is 0 Å². The van der Waals surface area contributed by atoms with Gasteiger partial charge in [-0.2, -0.15) is 0 Å². The van der Waals surface area contributed by atoms with Crippen LogP contribution in [0.15, 0.2) is 0 Å². The molecule has 0 aromatic heterocycles. The number of unbranched alkanes of at least 4 members (excludes halogenated alkanes) is 8. The fraction of sp³-hybridized carbons (Fsp3) is 1.00. The summed E-state index contributed by atoms with van der Waals surface area (Å²) in [5.41, 5.74) is 5.55. The zero-order chi connectivity index (χ0) is 15.2. The van der Waals surface area contributed by atoms with Crippen LogP contribution in [0.4, 0.5) is 0 Å². The summed E-state index contributed by atoms with van der Waals surface area (Å²) in [6.45, 7) is 10.8. The van der Waals surface area contributed by atoms with Crippen LogP contribution in [0.5, 0.6) is 0 Å². The quantitative estimate of drug-likeness (QED) is 0.528. The smallest absolute Gasteiger partial charge is 0.0110 e. The van der Waals surface area contributed by atoms with Crippen molar-refractivity contribution in [1.82, 2.24) is 9.80 Å². The first-order chi connectivity index (χ1) is 10.4. The second-order valence-electron chi connectivity index (χ2n) is 6.65. The maximum absolute atomic E-state index is 5.55. The molecule has 0 amide bonds. The second kappa shape index (κ2) is 13.5. The largest absolute Gasteiger partial charge is 0.330 e. The molecule has 0 saturated carbocycles. The molecule has 0 atom stereocenters. The van der Waals surface area contributed by atoms with E-state index in [1.165, 1.54) is 103 Å². The first kappa shape index (κ1) is 18.9. The summed E-state index contributed by atoms with van der Waals surface area (Å²) in [4.78, 5) is 5.27. The molecule has 0 spiro atoms. The Morgan fingerprint density at radius 2 is 1.05 bits per heavy atom. The van der Waals surface area contributed by atoms with Crippen molar-refractivity contribution < 1.29 is 0 Å². The maximum Gasteiger partial charge on any atom is 0.0110 e. The van der Waals surface area contributed by atoms with Gasteiger partial charge in [0, 0.05) is 26.2 Å². The van der Waals surface area contributed by atoms with E-state index in [0.29, 0.717) is 0 Å². The average molecular weight is 298 g/mol. The fourth-order valence-corrected chi connectivity index (χ4v) is 3.19. The van der Waals surface area contributed by atoms with Gasteiger partial charge in [0.2, 0.25) is 0 Å². The van der Waals surface area contributed by atoms with Crippen molar-refractivity contribution in [2.45, 2.75) is 71.1 Å². The van der Waals surface area contributed by atoms with Crippen LogP contribution in [0.25, 0.3) is 0 Å². The van der Waals surface area contributed by atoms with E-state index < -0.39 is 0 Å². The van der Waals surface area contributed by atoms with E-state index in [-0.39, 0.29) is 0 Å². The highest BCUT2D eigenvalue weighted by Crippen LogP contribution is 2.10. The molecule has 0 aromatic carbocycles. The Morgan fingerprint density at radius 3 is 1.52 bits per heavy atom. The molecule has 0 bridgehead atoms. The van der Waals surface area contributed by atoms with Crippen LogP contribution in [0.1, 0.15) is 71.1 Å². The van der Waals surface area contributed by atoms with Crippen LogP contribution in [0.2, 0.25) is 0 Å². The maximum atomic E-state index is 5.55. The molecule has 2 N–H and O–H groups in total. The normalized spacial score (nSPS) is 17.4. The molecule has 1 saturated heterocycles. The number of piperazine rings is 1. The van der Waals surface area contributed by atoms with E-state index in [1.807, 2.05) is 0 Å². The van der Waals surface area contributed by atoms with Crippen LogP contribution in [0, 0.1) is 0 Å². The summed E-state index contributed by atoms with van der Waals surface area (Å²) >= 11 is 0. The van der Waals surface area contributed by atoms with Gasteiger partial charge in [0.05, 0.1) is 0 Å². The fourth-order valence-electron chi connectivity index (χ4n) is 3.19. The molecule has 0 aromatic rings. The van der Waals surface area contributed by atoms with Crippen molar-refractivity contribution in [2.24, 2.45) is 5.73 Å². The van der Waals surface area contributed by atoms with Crippen molar-refractivity contribution in [2.75, 3.05) is 45.8 Å². The van der Waals surface area contributed by atoms with Crippen molar-refractivity contribution in [3.05, 3.63) is 0 Å².